The number of nitrogens with one attached hydrogen (secondary N) is 2. The summed E-state index contributed by atoms with van der Waals surface area (Å²) in [6.45, 7) is 0. The van der Waals surface area contributed by atoms with Gasteiger partial charge in [-0.25, -0.2) is 4.79 Å². The van der Waals surface area contributed by atoms with Gasteiger partial charge in [0.25, 0.3) is 11.8 Å². The van der Waals surface area contributed by atoms with Crippen LogP contribution in [0.15, 0.2) is 78.5 Å². The third-order valence-corrected chi connectivity index (χ3v) is 4.76. The first-order valence-electron chi connectivity index (χ1n) is 9.43. The van der Waals surface area contributed by atoms with Crippen LogP contribution in [-0.4, -0.2) is 30.0 Å². The van der Waals surface area contributed by atoms with E-state index in [1.165, 1.54) is 30.3 Å². The largest absolute Gasteiger partial charge is 0.497 e. The lowest BCUT2D eigenvalue weighted by molar-refractivity contribution is -0.113. The van der Waals surface area contributed by atoms with Gasteiger partial charge in [-0.3, -0.25) is 9.59 Å². The molecule has 162 valence electrons. The lowest BCUT2D eigenvalue weighted by Crippen LogP contribution is -2.31. The van der Waals surface area contributed by atoms with Gasteiger partial charge in [-0.1, -0.05) is 35.9 Å². The Kier molecular flexibility index (Phi) is 7.25. The Hall–Kier alpha value is -4.10. The number of rotatable bonds is 7. The van der Waals surface area contributed by atoms with Gasteiger partial charge in [-0.15, -0.1) is 0 Å². The summed E-state index contributed by atoms with van der Waals surface area (Å²) in [5.41, 5.74) is 1.30. The van der Waals surface area contributed by atoms with E-state index in [1.807, 2.05) is 0 Å². The first-order valence-corrected chi connectivity index (χ1v) is 9.81. The van der Waals surface area contributed by atoms with Crippen molar-refractivity contribution in [3.05, 3.63) is 100 Å². The third kappa shape index (κ3) is 5.74. The fourth-order valence-corrected chi connectivity index (χ4v) is 2.98. The fraction of sp³-hybridized carbons (Fsp3) is 0.0417. The smallest absolute Gasteiger partial charge is 0.335 e. The molecule has 0 bridgehead atoms. The van der Waals surface area contributed by atoms with Crippen molar-refractivity contribution in [2.45, 2.75) is 0 Å². The molecule has 0 aliphatic rings. The van der Waals surface area contributed by atoms with E-state index in [-0.39, 0.29) is 21.8 Å². The van der Waals surface area contributed by atoms with Crippen LogP contribution in [0.25, 0.3) is 6.08 Å². The quantitative estimate of drug-likeness (QED) is 0.461. The van der Waals surface area contributed by atoms with Crippen molar-refractivity contribution < 1.29 is 24.2 Å². The van der Waals surface area contributed by atoms with Gasteiger partial charge in [0.15, 0.2) is 0 Å². The molecule has 3 N–H and O–H groups in total. The number of methoxy groups -OCH3 is 1. The molecule has 3 aromatic carbocycles. The molecule has 2 amide bonds. The molecule has 32 heavy (non-hydrogen) atoms. The summed E-state index contributed by atoms with van der Waals surface area (Å²) in [4.78, 5) is 36.7. The Morgan fingerprint density at radius 1 is 0.938 bits per heavy atom. The summed E-state index contributed by atoms with van der Waals surface area (Å²) in [5, 5.41) is 14.5. The number of carbonyl (C=O) groups is 3. The van der Waals surface area contributed by atoms with Gasteiger partial charge in [0.2, 0.25) is 0 Å². The predicted octanol–water partition coefficient (Wildman–Crippen LogP) is 4.46. The highest BCUT2D eigenvalue weighted by Gasteiger charge is 2.17. The molecule has 0 spiro atoms. The Morgan fingerprint density at radius 2 is 1.59 bits per heavy atom. The van der Waals surface area contributed by atoms with Crippen LogP contribution in [0.4, 0.5) is 5.69 Å². The monoisotopic (exact) mass is 450 g/mol. The molecule has 0 fully saturated rings. The number of hydrogen-bond acceptors (Lipinski definition) is 4. The van der Waals surface area contributed by atoms with Crippen LogP contribution in [0.3, 0.4) is 0 Å². The van der Waals surface area contributed by atoms with Crippen molar-refractivity contribution >= 4 is 41.1 Å². The van der Waals surface area contributed by atoms with E-state index in [1.54, 1.807) is 55.6 Å². The number of benzene rings is 3. The van der Waals surface area contributed by atoms with Gasteiger partial charge in [0, 0.05) is 5.69 Å². The zero-order valence-electron chi connectivity index (χ0n) is 17.0. The highest BCUT2D eigenvalue weighted by molar-refractivity contribution is 6.34. The first-order chi connectivity index (χ1) is 15.4. The lowest BCUT2D eigenvalue weighted by Gasteiger charge is -2.12. The number of anilines is 1. The summed E-state index contributed by atoms with van der Waals surface area (Å²) in [6.07, 6.45) is 1.51. The Labute approximate surface area is 189 Å². The molecule has 0 unspecified atom stereocenters. The van der Waals surface area contributed by atoms with E-state index >= 15 is 0 Å². The molecule has 0 radical (unpaired) electrons. The maximum Gasteiger partial charge on any atom is 0.335 e. The highest BCUT2D eigenvalue weighted by atomic mass is 35.5. The molecule has 0 aliphatic heterocycles. The van der Waals surface area contributed by atoms with Gasteiger partial charge in [0.1, 0.15) is 11.4 Å². The molecular formula is C24H19ClN2O5. The van der Waals surface area contributed by atoms with E-state index < -0.39 is 17.8 Å². The van der Waals surface area contributed by atoms with Crippen molar-refractivity contribution in [2.75, 3.05) is 12.4 Å². The Bertz CT molecular complexity index is 1170. The van der Waals surface area contributed by atoms with Crippen LogP contribution in [0.2, 0.25) is 5.02 Å². The predicted molar refractivity (Wildman–Crippen MR) is 122 cm³/mol. The lowest BCUT2D eigenvalue weighted by atomic mass is 10.1. The fourth-order valence-electron chi connectivity index (χ4n) is 2.75. The summed E-state index contributed by atoms with van der Waals surface area (Å²) < 4.78 is 5.14. The average Bonchev–Trinajstić information content (AvgIpc) is 2.79. The van der Waals surface area contributed by atoms with E-state index in [0.717, 1.165) is 0 Å². The van der Waals surface area contributed by atoms with Crippen LogP contribution in [0.1, 0.15) is 26.3 Å². The summed E-state index contributed by atoms with van der Waals surface area (Å²) >= 11 is 6.10. The van der Waals surface area contributed by atoms with Crippen molar-refractivity contribution in [3.63, 3.8) is 0 Å². The number of aromatic carboxylic acids is 1. The van der Waals surface area contributed by atoms with E-state index in [0.29, 0.717) is 17.0 Å². The number of carboxylic acids is 1. The highest BCUT2D eigenvalue weighted by Crippen LogP contribution is 2.18. The van der Waals surface area contributed by atoms with Crippen molar-refractivity contribution in [1.29, 1.82) is 0 Å². The molecular weight excluding hydrogens is 432 g/mol. The van der Waals surface area contributed by atoms with Gasteiger partial charge in [-0.05, 0) is 60.2 Å². The Morgan fingerprint density at radius 3 is 2.19 bits per heavy atom. The van der Waals surface area contributed by atoms with Gasteiger partial charge < -0.3 is 20.5 Å². The van der Waals surface area contributed by atoms with E-state index in [2.05, 4.69) is 10.6 Å². The number of carbonyl (C=O) groups excluding carboxylic acids is 2. The SMILES string of the molecule is COc1ccc(/C=C(\NC(=O)c2ccccc2Cl)C(=O)Nc2ccc(C(=O)O)cc2)cc1. The molecule has 0 atom stereocenters. The van der Waals surface area contributed by atoms with Crippen molar-refractivity contribution in [2.24, 2.45) is 0 Å². The minimum atomic E-state index is -1.07. The zero-order valence-corrected chi connectivity index (χ0v) is 17.7. The van der Waals surface area contributed by atoms with Gasteiger partial charge in [-0.2, -0.15) is 0 Å². The summed E-state index contributed by atoms with van der Waals surface area (Å²) in [6, 6.07) is 19.1. The molecule has 0 heterocycles. The average molecular weight is 451 g/mol. The molecule has 3 rings (SSSR count). The third-order valence-electron chi connectivity index (χ3n) is 4.43. The van der Waals surface area contributed by atoms with Crippen LogP contribution in [-0.2, 0) is 4.79 Å². The topological polar surface area (TPSA) is 105 Å². The zero-order chi connectivity index (χ0) is 23.1. The number of ether oxygens (including phenoxy) is 1. The second-order valence-electron chi connectivity index (χ2n) is 6.60. The maximum atomic E-state index is 12.9. The van der Waals surface area contributed by atoms with E-state index in [9.17, 15) is 14.4 Å². The number of halogens is 1. The molecule has 0 aliphatic carbocycles. The summed E-state index contributed by atoms with van der Waals surface area (Å²) in [7, 11) is 1.54. The molecule has 3 aromatic rings. The second-order valence-corrected chi connectivity index (χ2v) is 7.01. The van der Waals surface area contributed by atoms with E-state index in [4.69, 9.17) is 21.4 Å². The standard InChI is InChI=1S/C24H19ClN2O5/c1-32-18-12-6-15(7-13-18)14-21(27-22(28)19-4-2-3-5-20(19)25)23(29)26-17-10-8-16(9-11-17)24(30)31/h2-14H,1H3,(H,26,29)(H,27,28)(H,30,31)/b21-14-. The van der Waals surface area contributed by atoms with Crippen LogP contribution < -0.4 is 15.4 Å². The molecule has 0 aromatic heterocycles. The number of carboxylic acid groups (broad SMARTS) is 1. The molecule has 0 saturated carbocycles. The van der Waals surface area contributed by atoms with Crippen molar-refractivity contribution in [3.8, 4) is 5.75 Å². The van der Waals surface area contributed by atoms with Crippen LogP contribution in [0.5, 0.6) is 5.75 Å². The normalized spacial score (nSPS) is 10.9. The Balaban J connectivity index is 1.88. The maximum absolute atomic E-state index is 12.9. The second kappa shape index (κ2) is 10.3. The molecule has 8 heteroatoms. The van der Waals surface area contributed by atoms with Crippen LogP contribution in [0, 0.1) is 0 Å². The summed E-state index contributed by atoms with van der Waals surface area (Å²) in [5.74, 6) is -1.57. The molecule has 7 nitrogen and oxygen atoms in total. The van der Waals surface area contributed by atoms with Crippen LogP contribution >= 0.6 is 11.6 Å². The minimum Gasteiger partial charge on any atom is -0.497 e. The number of amides is 2. The van der Waals surface area contributed by atoms with Gasteiger partial charge >= 0.3 is 5.97 Å². The first kappa shape index (κ1) is 22.6. The van der Waals surface area contributed by atoms with Gasteiger partial charge in [0.05, 0.1) is 23.3 Å². The molecule has 0 saturated heterocycles. The minimum absolute atomic E-state index is 0.0256. The van der Waals surface area contributed by atoms with Crippen molar-refractivity contribution in [1.82, 2.24) is 5.32 Å². The number of hydrogen-bond donors (Lipinski definition) is 3.